The van der Waals surface area contributed by atoms with Crippen LogP contribution < -0.4 is 16.4 Å². The second-order valence-electron chi connectivity index (χ2n) is 5.70. The van der Waals surface area contributed by atoms with E-state index < -0.39 is 35.9 Å². The van der Waals surface area contributed by atoms with Gasteiger partial charge in [0, 0.05) is 18.3 Å². The van der Waals surface area contributed by atoms with Gasteiger partial charge in [0.15, 0.2) is 0 Å². The van der Waals surface area contributed by atoms with E-state index in [2.05, 4.69) is 20.6 Å². The van der Waals surface area contributed by atoms with Gasteiger partial charge < -0.3 is 26.5 Å². The van der Waals surface area contributed by atoms with Gasteiger partial charge >= 0.3 is 5.97 Å². The molecule has 0 aromatic carbocycles. The van der Waals surface area contributed by atoms with E-state index in [4.69, 9.17) is 10.8 Å². The second kappa shape index (κ2) is 8.28. The van der Waals surface area contributed by atoms with E-state index in [9.17, 15) is 14.4 Å². The Labute approximate surface area is 134 Å². The van der Waals surface area contributed by atoms with Crippen molar-refractivity contribution in [3.63, 3.8) is 0 Å². The number of aromatic nitrogens is 2. The molecule has 0 unspecified atom stereocenters. The predicted octanol–water partition coefficient (Wildman–Crippen LogP) is -0.990. The molecule has 0 aliphatic rings. The summed E-state index contributed by atoms with van der Waals surface area (Å²) in [5, 5.41) is 14.1. The molecule has 1 aromatic heterocycles. The van der Waals surface area contributed by atoms with E-state index in [0.717, 1.165) is 0 Å². The molecule has 9 heteroatoms. The summed E-state index contributed by atoms with van der Waals surface area (Å²) in [6, 6.07) is -2.78. The zero-order chi connectivity index (χ0) is 17.6. The number of carbonyl (C=O) groups excluding carboxylic acids is 2. The van der Waals surface area contributed by atoms with Crippen molar-refractivity contribution >= 4 is 17.8 Å². The lowest BCUT2D eigenvalue weighted by Gasteiger charge is -2.23. The number of aliphatic carboxylic acids is 1. The Morgan fingerprint density at radius 3 is 2.35 bits per heavy atom. The molecule has 128 valence electrons. The van der Waals surface area contributed by atoms with Gasteiger partial charge in [-0.15, -0.1) is 0 Å². The minimum atomic E-state index is -1.13. The molecule has 0 spiro atoms. The molecule has 0 aliphatic heterocycles. The Morgan fingerprint density at radius 1 is 1.26 bits per heavy atom. The third-order valence-corrected chi connectivity index (χ3v) is 3.26. The number of aromatic amines is 1. The zero-order valence-electron chi connectivity index (χ0n) is 13.4. The molecule has 0 fully saturated rings. The van der Waals surface area contributed by atoms with Crippen LogP contribution in [0.5, 0.6) is 0 Å². The van der Waals surface area contributed by atoms with E-state index >= 15 is 0 Å². The third kappa shape index (κ3) is 5.70. The highest BCUT2D eigenvalue weighted by atomic mass is 16.4. The number of hydrogen-bond donors (Lipinski definition) is 5. The number of carboxylic acids is 1. The van der Waals surface area contributed by atoms with Crippen molar-refractivity contribution in [2.24, 2.45) is 11.7 Å². The Kier molecular flexibility index (Phi) is 6.70. The maximum Gasteiger partial charge on any atom is 0.326 e. The molecule has 0 bridgehead atoms. The highest BCUT2D eigenvalue weighted by Gasteiger charge is 2.29. The van der Waals surface area contributed by atoms with Crippen LogP contribution in [0.3, 0.4) is 0 Å². The number of hydrogen-bond acceptors (Lipinski definition) is 5. The summed E-state index contributed by atoms with van der Waals surface area (Å²) < 4.78 is 0. The van der Waals surface area contributed by atoms with Crippen LogP contribution in [-0.2, 0) is 20.8 Å². The third-order valence-electron chi connectivity index (χ3n) is 3.26. The van der Waals surface area contributed by atoms with Crippen molar-refractivity contribution in [2.45, 2.75) is 45.3 Å². The summed E-state index contributed by atoms with van der Waals surface area (Å²) in [6.45, 7) is 4.86. The molecule has 23 heavy (non-hydrogen) atoms. The standard InChI is InChI=1S/C14H23N5O4/c1-7(2)11(14(22)23)19-13(21)10(18-12(20)8(3)15)4-9-5-16-6-17-9/h5-8,10-11H,4,15H2,1-3H3,(H,16,17)(H,18,20)(H,19,21)(H,22,23)/t8-,10-,11-/m0/s1. The van der Waals surface area contributed by atoms with Crippen molar-refractivity contribution in [3.05, 3.63) is 18.2 Å². The Bertz CT molecular complexity index is 541. The average molecular weight is 325 g/mol. The second-order valence-corrected chi connectivity index (χ2v) is 5.70. The van der Waals surface area contributed by atoms with Crippen molar-refractivity contribution in [1.29, 1.82) is 0 Å². The average Bonchev–Trinajstić information content (AvgIpc) is 2.95. The van der Waals surface area contributed by atoms with Crippen molar-refractivity contribution in [1.82, 2.24) is 20.6 Å². The summed E-state index contributed by atoms with van der Waals surface area (Å²) >= 11 is 0. The van der Waals surface area contributed by atoms with Gasteiger partial charge in [-0.25, -0.2) is 9.78 Å². The van der Waals surface area contributed by atoms with Gasteiger partial charge in [-0.1, -0.05) is 13.8 Å². The summed E-state index contributed by atoms with van der Waals surface area (Å²) in [7, 11) is 0. The number of nitrogens with zero attached hydrogens (tertiary/aromatic N) is 1. The molecule has 0 saturated heterocycles. The minimum Gasteiger partial charge on any atom is -0.480 e. The smallest absolute Gasteiger partial charge is 0.326 e. The maximum absolute atomic E-state index is 12.4. The van der Waals surface area contributed by atoms with Gasteiger partial charge in [0.2, 0.25) is 11.8 Å². The molecule has 0 aliphatic carbocycles. The Balaban J connectivity index is 2.86. The highest BCUT2D eigenvalue weighted by Crippen LogP contribution is 2.05. The first kappa shape index (κ1) is 18.6. The summed E-state index contributed by atoms with van der Waals surface area (Å²) in [5.41, 5.74) is 6.13. The number of nitrogens with one attached hydrogen (secondary N) is 3. The largest absolute Gasteiger partial charge is 0.480 e. The zero-order valence-corrected chi connectivity index (χ0v) is 13.4. The van der Waals surface area contributed by atoms with Crippen LogP contribution in [0.25, 0.3) is 0 Å². The van der Waals surface area contributed by atoms with Crippen molar-refractivity contribution < 1.29 is 19.5 Å². The Hall–Kier alpha value is -2.42. The summed E-state index contributed by atoms with van der Waals surface area (Å²) in [6.07, 6.45) is 3.12. The van der Waals surface area contributed by atoms with E-state index in [0.29, 0.717) is 5.69 Å². The van der Waals surface area contributed by atoms with Crippen LogP contribution in [-0.4, -0.2) is 51.0 Å². The number of H-pyrrole nitrogens is 1. The lowest BCUT2D eigenvalue weighted by atomic mass is 10.0. The lowest BCUT2D eigenvalue weighted by molar-refractivity contribution is -0.143. The SMILES string of the molecule is CC(C)[C@H](NC(=O)[C@H](Cc1cnc[nH]1)NC(=O)[C@H](C)N)C(=O)O. The van der Waals surface area contributed by atoms with Crippen molar-refractivity contribution in [3.8, 4) is 0 Å². The molecule has 9 nitrogen and oxygen atoms in total. The van der Waals surface area contributed by atoms with Crippen LogP contribution in [0.2, 0.25) is 0 Å². The molecule has 2 amide bonds. The topological polar surface area (TPSA) is 150 Å². The molecular weight excluding hydrogens is 302 g/mol. The fourth-order valence-corrected chi connectivity index (χ4v) is 1.90. The van der Waals surface area contributed by atoms with Gasteiger partial charge in [0.05, 0.1) is 12.4 Å². The molecule has 1 rings (SSSR count). The number of imidazole rings is 1. The van der Waals surface area contributed by atoms with Crippen molar-refractivity contribution in [2.75, 3.05) is 0 Å². The molecule has 0 radical (unpaired) electrons. The van der Waals surface area contributed by atoms with E-state index in [1.54, 1.807) is 13.8 Å². The quantitative estimate of drug-likeness (QED) is 0.414. The van der Waals surface area contributed by atoms with Crippen LogP contribution in [0.4, 0.5) is 0 Å². The van der Waals surface area contributed by atoms with E-state index in [1.807, 2.05) is 0 Å². The summed E-state index contributed by atoms with van der Waals surface area (Å²) in [5.74, 6) is -2.52. The minimum absolute atomic E-state index is 0.148. The van der Waals surface area contributed by atoms with Gasteiger partial charge in [-0.3, -0.25) is 9.59 Å². The fraction of sp³-hybridized carbons (Fsp3) is 0.571. The van der Waals surface area contributed by atoms with Gasteiger partial charge in [-0.2, -0.15) is 0 Å². The molecule has 1 heterocycles. The van der Waals surface area contributed by atoms with Gasteiger partial charge in [-0.05, 0) is 12.8 Å². The normalized spacial score (nSPS) is 14.8. The molecule has 3 atom stereocenters. The molecular formula is C14H23N5O4. The summed E-state index contributed by atoms with van der Waals surface area (Å²) in [4.78, 5) is 42.1. The van der Waals surface area contributed by atoms with Crippen LogP contribution in [0.15, 0.2) is 12.5 Å². The first-order chi connectivity index (χ1) is 10.7. The lowest BCUT2D eigenvalue weighted by Crippen LogP contribution is -2.55. The van der Waals surface area contributed by atoms with Gasteiger partial charge in [0.25, 0.3) is 0 Å². The van der Waals surface area contributed by atoms with E-state index in [-0.39, 0.29) is 12.3 Å². The number of carbonyl (C=O) groups is 3. The predicted molar refractivity (Wildman–Crippen MR) is 82.3 cm³/mol. The highest BCUT2D eigenvalue weighted by molar-refractivity contribution is 5.91. The Morgan fingerprint density at radius 2 is 1.91 bits per heavy atom. The molecule has 6 N–H and O–H groups in total. The number of nitrogens with two attached hydrogens (primary N) is 1. The first-order valence-electron chi connectivity index (χ1n) is 7.28. The molecule has 1 aromatic rings. The van der Waals surface area contributed by atoms with Crippen LogP contribution >= 0.6 is 0 Å². The van der Waals surface area contributed by atoms with Crippen LogP contribution in [0, 0.1) is 5.92 Å². The van der Waals surface area contributed by atoms with E-state index in [1.165, 1.54) is 19.4 Å². The fourth-order valence-electron chi connectivity index (χ4n) is 1.90. The van der Waals surface area contributed by atoms with Gasteiger partial charge in [0.1, 0.15) is 12.1 Å². The number of carboxylic acid groups (broad SMARTS) is 1. The maximum atomic E-state index is 12.4. The first-order valence-corrected chi connectivity index (χ1v) is 7.28. The monoisotopic (exact) mass is 325 g/mol. The molecule has 0 saturated carbocycles. The number of rotatable bonds is 8. The number of amides is 2. The van der Waals surface area contributed by atoms with Crippen LogP contribution in [0.1, 0.15) is 26.5 Å².